The van der Waals surface area contributed by atoms with Crippen LogP contribution in [0.4, 0.5) is 10.1 Å². The Kier molecular flexibility index (Phi) is 4.64. The Morgan fingerprint density at radius 1 is 1.38 bits per heavy atom. The van der Waals surface area contributed by atoms with Crippen molar-refractivity contribution in [3.05, 3.63) is 59.2 Å². The van der Waals surface area contributed by atoms with Crippen molar-refractivity contribution >= 4 is 11.6 Å². The molecule has 1 amide bonds. The Labute approximate surface area is 122 Å². The molecule has 0 radical (unpaired) electrons. The summed E-state index contributed by atoms with van der Waals surface area (Å²) in [6.07, 6.45) is 1.50. The smallest absolute Gasteiger partial charge is 0.275 e. The van der Waals surface area contributed by atoms with E-state index in [1.165, 1.54) is 18.3 Å². The maximum Gasteiger partial charge on any atom is 0.275 e. The average Bonchev–Trinajstić information content (AvgIpc) is 2.50. The lowest BCUT2D eigenvalue weighted by Crippen LogP contribution is -2.16. The van der Waals surface area contributed by atoms with E-state index in [4.69, 9.17) is 5.73 Å². The van der Waals surface area contributed by atoms with Gasteiger partial charge in [0.1, 0.15) is 11.5 Å². The summed E-state index contributed by atoms with van der Waals surface area (Å²) in [4.78, 5) is 16.3. The first-order chi connectivity index (χ1) is 10.1. The summed E-state index contributed by atoms with van der Waals surface area (Å²) < 4.78 is 13.5. The minimum atomic E-state index is -0.439. The molecule has 0 saturated carbocycles. The molecule has 2 aromatic rings. The van der Waals surface area contributed by atoms with E-state index in [-0.39, 0.29) is 18.1 Å². The van der Waals surface area contributed by atoms with Crippen molar-refractivity contribution in [2.45, 2.75) is 6.92 Å². The zero-order chi connectivity index (χ0) is 15.2. The van der Waals surface area contributed by atoms with Crippen LogP contribution in [0, 0.1) is 24.6 Å². The van der Waals surface area contributed by atoms with Gasteiger partial charge < -0.3 is 11.1 Å². The van der Waals surface area contributed by atoms with E-state index in [2.05, 4.69) is 22.1 Å². The fraction of sp³-hybridized carbons (Fsp3) is 0.125. The van der Waals surface area contributed by atoms with Gasteiger partial charge in [0.05, 0.1) is 12.1 Å². The SMILES string of the molecule is Cc1c(F)cccc1NC(=O)c1ncccc1C#CCN. The van der Waals surface area contributed by atoms with Crippen molar-refractivity contribution in [3.8, 4) is 11.8 Å². The third-order valence-electron chi connectivity index (χ3n) is 2.86. The zero-order valence-corrected chi connectivity index (χ0v) is 11.5. The second-order valence-corrected chi connectivity index (χ2v) is 4.27. The van der Waals surface area contributed by atoms with Crippen molar-refractivity contribution in [2.75, 3.05) is 11.9 Å². The maximum absolute atomic E-state index is 13.5. The molecule has 0 atom stereocenters. The number of hydrogen-bond donors (Lipinski definition) is 2. The van der Waals surface area contributed by atoms with Crippen LogP contribution < -0.4 is 11.1 Å². The van der Waals surface area contributed by atoms with Crippen molar-refractivity contribution in [2.24, 2.45) is 5.73 Å². The number of halogens is 1. The molecule has 106 valence electrons. The number of rotatable bonds is 2. The normalized spacial score (nSPS) is 9.67. The topological polar surface area (TPSA) is 68.0 Å². The lowest BCUT2D eigenvalue weighted by Gasteiger charge is -2.09. The van der Waals surface area contributed by atoms with Crippen LogP contribution in [0.3, 0.4) is 0 Å². The highest BCUT2D eigenvalue weighted by Crippen LogP contribution is 2.18. The number of amides is 1. The third kappa shape index (κ3) is 3.44. The Hall–Kier alpha value is -2.71. The highest BCUT2D eigenvalue weighted by Gasteiger charge is 2.13. The Morgan fingerprint density at radius 3 is 2.95 bits per heavy atom. The fourth-order valence-electron chi connectivity index (χ4n) is 1.76. The van der Waals surface area contributed by atoms with Crippen molar-refractivity contribution in [3.63, 3.8) is 0 Å². The molecule has 0 aliphatic heterocycles. The lowest BCUT2D eigenvalue weighted by atomic mass is 10.1. The quantitative estimate of drug-likeness (QED) is 0.829. The van der Waals surface area contributed by atoms with E-state index in [1.807, 2.05) is 0 Å². The van der Waals surface area contributed by atoms with Crippen LogP contribution in [0.1, 0.15) is 21.6 Å². The summed E-state index contributed by atoms with van der Waals surface area (Å²) in [7, 11) is 0. The number of carbonyl (C=O) groups excluding carboxylic acids is 1. The number of carbonyl (C=O) groups is 1. The van der Waals surface area contributed by atoms with Gasteiger partial charge in [-0.1, -0.05) is 17.9 Å². The summed E-state index contributed by atoms with van der Waals surface area (Å²) >= 11 is 0. The fourth-order valence-corrected chi connectivity index (χ4v) is 1.76. The second kappa shape index (κ2) is 6.64. The molecule has 1 aromatic carbocycles. The van der Waals surface area contributed by atoms with Crippen LogP contribution >= 0.6 is 0 Å². The first-order valence-corrected chi connectivity index (χ1v) is 6.34. The van der Waals surface area contributed by atoms with Crippen molar-refractivity contribution in [1.82, 2.24) is 4.98 Å². The Morgan fingerprint density at radius 2 is 2.19 bits per heavy atom. The van der Waals surface area contributed by atoms with Gasteiger partial charge in [-0.05, 0) is 31.2 Å². The number of nitrogens with zero attached hydrogens (tertiary/aromatic N) is 1. The number of nitrogens with two attached hydrogens (primary N) is 1. The summed E-state index contributed by atoms with van der Waals surface area (Å²) in [6.45, 7) is 1.79. The number of anilines is 1. The van der Waals surface area contributed by atoms with E-state index in [0.29, 0.717) is 16.8 Å². The predicted molar refractivity (Wildman–Crippen MR) is 79.3 cm³/mol. The maximum atomic E-state index is 13.5. The lowest BCUT2D eigenvalue weighted by molar-refractivity contribution is 0.102. The van der Waals surface area contributed by atoms with Gasteiger partial charge in [0.25, 0.3) is 5.91 Å². The van der Waals surface area contributed by atoms with E-state index >= 15 is 0 Å². The molecule has 2 rings (SSSR count). The van der Waals surface area contributed by atoms with E-state index in [9.17, 15) is 9.18 Å². The van der Waals surface area contributed by atoms with Crippen LogP contribution in [0.5, 0.6) is 0 Å². The second-order valence-electron chi connectivity index (χ2n) is 4.27. The summed E-state index contributed by atoms with van der Waals surface area (Å²) in [5, 5.41) is 2.64. The minimum Gasteiger partial charge on any atom is -0.320 e. The van der Waals surface area contributed by atoms with E-state index in [0.717, 1.165) is 0 Å². The van der Waals surface area contributed by atoms with E-state index in [1.54, 1.807) is 25.1 Å². The first-order valence-electron chi connectivity index (χ1n) is 6.34. The molecule has 0 spiro atoms. The molecule has 0 unspecified atom stereocenters. The third-order valence-corrected chi connectivity index (χ3v) is 2.86. The van der Waals surface area contributed by atoms with Crippen molar-refractivity contribution < 1.29 is 9.18 Å². The summed E-state index contributed by atoms with van der Waals surface area (Å²) in [6, 6.07) is 7.87. The number of benzene rings is 1. The first kappa shape index (κ1) is 14.7. The highest BCUT2D eigenvalue weighted by atomic mass is 19.1. The molecule has 0 saturated heterocycles. The van der Waals surface area contributed by atoms with Gasteiger partial charge in [0, 0.05) is 17.4 Å². The van der Waals surface area contributed by atoms with Crippen LogP contribution in [0.25, 0.3) is 0 Å². The number of hydrogen-bond acceptors (Lipinski definition) is 3. The molecule has 5 heteroatoms. The van der Waals surface area contributed by atoms with Gasteiger partial charge in [-0.15, -0.1) is 0 Å². The average molecular weight is 283 g/mol. The van der Waals surface area contributed by atoms with Gasteiger partial charge in [-0.2, -0.15) is 0 Å². The molecule has 0 aliphatic carbocycles. The number of pyridine rings is 1. The van der Waals surface area contributed by atoms with Gasteiger partial charge in [0.2, 0.25) is 0 Å². The largest absolute Gasteiger partial charge is 0.320 e. The standard InChI is InChI=1S/C16H14FN3O/c1-11-13(17)7-2-8-14(11)20-16(21)15-12(5-3-9-18)6-4-10-19-15/h2,4,6-8,10H,9,18H2,1H3,(H,20,21). The molecule has 0 fully saturated rings. The summed E-state index contributed by atoms with van der Waals surface area (Å²) in [5.74, 6) is 4.66. The van der Waals surface area contributed by atoms with Gasteiger partial charge in [-0.25, -0.2) is 9.37 Å². The summed E-state index contributed by atoms with van der Waals surface area (Å²) in [5.41, 5.74) is 6.77. The molecular weight excluding hydrogens is 269 g/mol. The predicted octanol–water partition coefficient (Wildman–Crippen LogP) is 2.09. The monoisotopic (exact) mass is 283 g/mol. The minimum absolute atomic E-state index is 0.183. The van der Waals surface area contributed by atoms with Crippen LogP contribution in [0.15, 0.2) is 36.5 Å². The highest BCUT2D eigenvalue weighted by molar-refractivity contribution is 6.04. The number of nitrogens with one attached hydrogen (secondary N) is 1. The zero-order valence-electron chi connectivity index (χ0n) is 11.5. The Bertz CT molecular complexity index is 732. The molecule has 1 aromatic heterocycles. The van der Waals surface area contributed by atoms with Gasteiger partial charge >= 0.3 is 0 Å². The van der Waals surface area contributed by atoms with Gasteiger partial charge in [-0.3, -0.25) is 4.79 Å². The van der Waals surface area contributed by atoms with Crippen LogP contribution in [0.2, 0.25) is 0 Å². The molecule has 4 nitrogen and oxygen atoms in total. The van der Waals surface area contributed by atoms with E-state index < -0.39 is 5.91 Å². The van der Waals surface area contributed by atoms with Crippen molar-refractivity contribution in [1.29, 1.82) is 0 Å². The molecular formula is C16H14FN3O. The molecule has 21 heavy (non-hydrogen) atoms. The molecule has 1 heterocycles. The van der Waals surface area contributed by atoms with Crippen LogP contribution in [-0.2, 0) is 0 Å². The van der Waals surface area contributed by atoms with Crippen LogP contribution in [-0.4, -0.2) is 17.4 Å². The number of aromatic nitrogens is 1. The Balaban J connectivity index is 2.31. The molecule has 0 bridgehead atoms. The molecule has 0 aliphatic rings. The molecule has 3 N–H and O–H groups in total. The van der Waals surface area contributed by atoms with Gasteiger partial charge in [0.15, 0.2) is 0 Å².